The molecule has 0 spiro atoms. The number of pyridine rings is 1. The minimum atomic E-state index is 0.319. The van der Waals surface area contributed by atoms with Crippen LogP contribution in [0.4, 0.5) is 5.69 Å². The van der Waals surface area contributed by atoms with Crippen LogP contribution in [0.15, 0.2) is 12.3 Å². The molecule has 1 atom stereocenters. The van der Waals surface area contributed by atoms with Gasteiger partial charge in [-0.25, -0.2) is 4.98 Å². The van der Waals surface area contributed by atoms with Gasteiger partial charge in [0.2, 0.25) is 0 Å². The molecule has 0 amide bonds. The van der Waals surface area contributed by atoms with Crippen molar-refractivity contribution in [2.45, 2.75) is 90.4 Å². The van der Waals surface area contributed by atoms with Crippen LogP contribution >= 0.6 is 0 Å². The monoisotopic (exact) mass is 491 g/mol. The van der Waals surface area contributed by atoms with E-state index in [4.69, 9.17) is 14.8 Å². The third kappa shape index (κ3) is 4.02. The van der Waals surface area contributed by atoms with Gasteiger partial charge in [-0.2, -0.15) is 10.2 Å². The minimum Gasteiger partial charge on any atom is -0.383 e. The molecule has 3 aromatic rings. The Hall–Kier alpha value is -2.45. The van der Waals surface area contributed by atoms with E-state index < -0.39 is 0 Å². The van der Waals surface area contributed by atoms with Crippen molar-refractivity contribution in [3.8, 4) is 0 Å². The molecule has 2 bridgehead atoms. The maximum atomic E-state index is 5.38. The number of aryl methyl sites for hydroxylation is 3. The Morgan fingerprint density at radius 3 is 2.61 bits per heavy atom. The lowest BCUT2D eigenvalue weighted by Crippen LogP contribution is -2.58. The van der Waals surface area contributed by atoms with Gasteiger partial charge in [-0.05, 0) is 70.8 Å². The van der Waals surface area contributed by atoms with Gasteiger partial charge in [0.15, 0.2) is 5.65 Å². The topological polar surface area (TPSA) is 73.0 Å². The van der Waals surface area contributed by atoms with Gasteiger partial charge in [0.05, 0.1) is 29.6 Å². The number of rotatable bonds is 7. The predicted molar refractivity (Wildman–Crippen MR) is 142 cm³/mol. The third-order valence-corrected chi connectivity index (χ3v) is 9.34. The second kappa shape index (κ2) is 8.84. The highest BCUT2D eigenvalue weighted by Gasteiger charge is 2.49. The molecule has 0 saturated heterocycles. The quantitative estimate of drug-likeness (QED) is 0.537. The zero-order valence-electron chi connectivity index (χ0n) is 22.6. The fourth-order valence-electron chi connectivity index (χ4n) is 7.33. The molecule has 1 aliphatic heterocycles. The van der Waals surface area contributed by atoms with Crippen molar-refractivity contribution in [1.82, 2.24) is 29.9 Å². The number of methoxy groups -OCH3 is 1. The maximum absolute atomic E-state index is 5.38. The summed E-state index contributed by atoms with van der Waals surface area (Å²) in [6, 6.07) is 2.63. The first-order valence-corrected chi connectivity index (χ1v) is 13.7. The third-order valence-electron chi connectivity index (χ3n) is 9.34. The van der Waals surface area contributed by atoms with E-state index in [1.165, 1.54) is 61.2 Å². The van der Waals surface area contributed by atoms with Gasteiger partial charge in [-0.1, -0.05) is 0 Å². The van der Waals surface area contributed by atoms with E-state index >= 15 is 0 Å². The predicted octanol–water partition coefficient (Wildman–Crippen LogP) is 4.06. The molecular formula is C28H41N7O. The van der Waals surface area contributed by atoms with Crippen LogP contribution in [-0.4, -0.2) is 56.4 Å². The molecule has 3 fully saturated rings. The van der Waals surface area contributed by atoms with E-state index in [-0.39, 0.29) is 0 Å². The van der Waals surface area contributed by atoms with E-state index in [1.54, 1.807) is 7.11 Å². The van der Waals surface area contributed by atoms with E-state index in [2.05, 4.69) is 46.8 Å². The molecule has 0 aromatic carbocycles. The summed E-state index contributed by atoms with van der Waals surface area (Å²) in [5, 5.41) is 14.7. The summed E-state index contributed by atoms with van der Waals surface area (Å²) >= 11 is 0. The van der Waals surface area contributed by atoms with Crippen molar-refractivity contribution >= 4 is 16.7 Å². The zero-order valence-corrected chi connectivity index (χ0v) is 22.6. The molecule has 0 radical (unpaired) electrons. The van der Waals surface area contributed by atoms with Crippen LogP contribution in [0.1, 0.15) is 68.1 Å². The average molecular weight is 492 g/mol. The number of nitrogens with zero attached hydrogens (tertiary/aromatic N) is 6. The van der Waals surface area contributed by atoms with Gasteiger partial charge in [0.1, 0.15) is 0 Å². The summed E-state index contributed by atoms with van der Waals surface area (Å²) in [4.78, 5) is 7.22. The van der Waals surface area contributed by atoms with Crippen LogP contribution in [0.25, 0.3) is 11.0 Å². The molecule has 36 heavy (non-hydrogen) atoms. The molecule has 1 unspecified atom stereocenters. The first kappa shape index (κ1) is 23.9. The summed E-state index contributed by atoms with van der Waals surface area (Å²) < 4.78 is 9.66. The standard InChI is InChI=1S/C28H41N7O/c1-19-14-25(22-15-29-33(4)26(22)30-19)34-13-6-24-23(16-34)21(3)32-35(24)18-27-7-10-28(11-8-27,12-9-27)31-20(2)17-36-5/h14-15,20,31H,6-13,16-18H2,1-5H3. The van der Waals surface area contributed by atoms with Crippen molar-refractivity contribution in [3.05, 3.63) is 34.9 Å². The highest BCUT2D eigenvalue weighted by atomic mass is 16.5. The molecule has 8 nitrogen and oxygen atoms in total. The number of aromatic nitrogens is 5. The normalized spacial score (nSPS) is 26.5. The largest absolute Gasteiger partial charge is 0.383 e. The van der Waals surface area contributed by atoms with Crippen LogP contribution in [0.2, 0.25) is 0 Å². The summed E-state index contributed by atoms with van der Waals surface area (Å²) in [6.07, 6.45) is 10.7. The van der Waals surface area contributed by atoms with E-state index in [9.17, 15) is 0 Å². The van der Waals surface area contributed by atoms with Crippen molar-refractivity contribution in [1.29, 1.82) is 0 Å². The fraction of sp³-hybridized carbons (Fsp3) is 0.679. The maximum Gasteiger partial charge on any atom is 0.159 e. The van der Waals surface area contributed by atoms with Gasteiger partial charge in [-0.15, -0.1) is 0 Å². The molecule has 1 N–H and O–H groups in total. The number of anilines is 1. The van der Waals surface area contributed by atoms with E-state index in [0.717, 1.165) is 49.4 Å². The molecule has 3 saturated carbocycles. The van der Waals surface area contributed by atoms with Gasteiger partial charge in [-0.3, -0.25) is 9.36 Å². The molecule has 4 aliphatic rings. The Kier molecular flexibility index (Phi) is 5.87. The molecule has 3 aliphatic carbocycles. The molecule has 3 aromatic heterocycles. The van der Waals surface area contributed by atoms with Gasteiger partial charge in [0, 0.05) is 68.7 Å². The van der Waals surface area contributed by atoms with Crippen LogP contribution < -0.4 is 10.2 Å². The Morgan fingerprint density at radius 2 is 1.89 bits per heavy atom. The molecule has 7 rings (SSSR count). The second-order valence-corrected chi connectivity index (χ2v) is 11.9. The average Bonchev–Trinajstić information content (AvgIpc) is 3.38. The Morgan fingerprint density at radius 1 is 1.14 bits per heavy atom. The minimum absolute atomic E-state index is 0.319. The van der Waals surface area contributed by atoms with Gasteiger partial charge in [0.25, 0.3) is 0 Å². The Labute approximate surface area is 214 Å². The number of fused-ring (bicyclic) bond motifs is 5. The molecule has 4 heterocycles. The summed E-state index contributed by atoms with van der Waals surface area (Å²) in [5.41, 5.74) is 8.03. The number of ether oxygens (including phenoxy) is 1. The second-order valence-electron chi connectivity index (χ2n) is 11.9. The first-order valence-electron chi connectivity index (χ1n) is 13.7. The lowest BCUT2D eigenvalue weighted by atomic mass is 9.57. The van der Waals surface area contributed by atoms with Crippen molar-refractivity contribution in [2.75, 3.05) is 25.2 Å². The smallest absolute Gasteiger partial charge is 0.159 e. The lowest BCUT2D eigenvalue weighted by Gasteiger charge is -2.54. The van der Waals surface area contributed by atoms with Crippen molar-refractivity contribution < 1.29 is 4.74 Å². The van der Waals surface area contributed by atoms with Gasteiger partial charge < -0.3 is 15.0 Å². The summed E-state index contributed by atoms with van der Waals surface area (Å²) in [7, 11) is 3.77. The zero-order chi connectivity index (χ0) is 25.1. The SMILES string of the molecule is COCC(C)NC12CCC(Cn3nc(C)c4c3CCN(c3cc(C)nc5c3cnn5C)C4)(CC1)CC2. The first-order chi connectivity index (χ1) is 17.3. The number of hydrogen-bond acceptors (Lipinski definition) is 6. The number of hydrogen-bond donors (Lipinski definition) is 1. The van der Waals surface area contributed by atoms with Crippen molar-refractivity contribution in [2.24, 2.45) is 12.5 Å². The van der Waals surface area contributed by atoms with Crippen LogP contribution in [0.3, 0.4) is 0 Å². The van der Waals surface area contributed by atoms with Crippen LogP contribution in [0, 0.1) is 19.3 Å². The molecular weight excluding hydrogens is 450 g/mol. The molecule has 8 heteroatoms. The fourth-order valence-corrected chi connectivity index (χ4v) is 7.33. The summed E-state index contributed by atoms with van der Waals surface area (Å²) in [6.45, 7) is 10.3. The Bertz CT molecular complexity index is 1250. The highest BCUT2D eigenvalue weighted by molar-refractivity contribution is 5.89. The Balaban J connectivity index is 1.20. The van der Waals surface area contributed by atoms with Crippen LogP contribution in [0.5, 0.6) is 0 Å². The molecule has 194 valence electrons. The van der Waals surface area contributed by atoms with Gasteiger partial charge >= 0.3 is 0 Å². The number of nitrogens with one attached hydrogen (secondary N) is 1. The van der Waals surface area contributed by atoms with Crippen molar-refractivity contribution in [3.63, 3.8) is 0 Å². The van der Waals surface area contributed by atoms with E-state index in [1.807, 2.05) is 17.9 Å². The highest BCUT2D eigenvalue weighted by Crippen LogP contribution is 2.53. The van der Waals surface area contributed by atoms with Crippen LogP contribution in [-0.2, 0) is 31.3 Å². The van der Waals surface area contributed by atoms with E-state index in [0.29, 0.717) is 17.0 Å². The lowest BCUT2D eigenvalue weighted by molar-refractivity contribution is -0.00219. The summed E-state index contributed by atoms with van der Waals surface area (Å²) in [5.74, 6) is 0.